The van der Waals surface area contributed by atoms with Crippen molar-refractivity contribution >= 4 is 18.3 Å². The van der Waals surface area contributed by atoms with Gasteiger partial charge in [0.15, 0.2) is 0 Å². The van der Waals surface area contributed by atoms with E-state index in [0.717, 1.165) is 31.6 Å². The van der Waals surface area contributed by atoms with Gasteiger partial charge in [-0.3, -0.25) is 4.79 Å². The molecule has 0 bridgehead atoms. The highest BCUT2D eigenvalue weighted by Gasteiger charge is 2.19. The molecule has 2 rings (SSSR count). The Labute approximate surface area is 110 Å². The number of rotatable bonds is 3. The summed E-state index contributed by atoms with van der Waals surface area (Å²) in [5, 5.41) is 5.72. The first-order valence-corrected chi connectivity index (χ1v) is 5.61. The van der Waals surface area contributed by atoms with E-state index in [0.29, 0.717) is 12.5 Å². The topological polar surface area (TPSA) is 41.1 Å². The normalized spacial score (nSPS) is 18.2. The summed E-state index contributed by atoms with van der Waals surface area (Å²) >= 11 is 0. The third-order valence-electron chi connectivity index (χ3n) is 2.90. The van der Waals surface area contributed by atoms with Crippen LogP contribution in [0.5, 0.6) is 0 Å². The Morgan fingerprint density at radius 1 is 1.39 bits per heavy atom. The maximum absolute atomic E-state index is 13.3. The van der Waals surface area contributed by atoms with Crippen molar-refractivity contribution in [3.05, 3.63) is 35.4 Å². The molecule has 1 amide bonds. The van der Waals surface area contributed by atoms with Crippen molar-refractivity contribution in [2.75, 3.05) is 19.6 Å². The number of halogens is 3. The minimum Gasteiger partial charge on any atom is -0.352 e. The number of nitrogens with one attached hydrogen (secondary N) is 2. The van der Waals surface area contributed by atoms with E-state index in [1.54, 1.807) is 0 Å². The molecule has 18 heavy (non-hydrogen) atoms. The number of hydrogen-bond acceptors (Lipinski definition) is 2. The summed E-state index contributed by atoms with van der Waals surface area (Å²) < 4.78 is 26.6. The standard InChI is InChI=1S/C12H14F2N2O.ClH/c13-9-2-1-3-10(14)11(9)12(17)16-7-8-4-5-15-6-8;/h1-3,8,15H,4-7H2,(H,16,17);1H. The Morgan fingerprint density at radius 2 is 2.06 bits per heavy atom. The molecular formula is C12H15ClF2N2O. The molecule has 3 nitrogen and oxygen atoms in total. The first-order valence-electron chi connectivity index (χ1n) is 5.61. The highest BCUT2D eigenvalue weighted by molar-refractivity contribution is 5.94. The lowest BCUT2D eigenvalue weighted by molar-refractivity contribution is 0.0939. The third kappa shape index (κ3) is 3.40. The van der Waals surface area contributed by atoms with Crippen LogP contribution in [0.4, 0.5) is 8.78 Å². The van der Waals surface area contributed by atoms with Crippen LogP contribution in [0.15, 0.2) is 18.2 Å². The molecule has 0 saturated carbocycles. The predicted octanol–water partition coefficient (Wildman–Crippen LogP) is 1.73. The van der Waals surface area contributed by atoms with Crippen LogP contribution in [0.25, 0.3) is 0 Å². The van der Waals surface area contributed by atoms with Gasteiger partial charge in [0.05, 0.1) is 0 Å². The van der Waals surface area contributed by atoms with Gasteiger partial charge in [-0.2, -0.15) is 0 Å². The van der Waals surface area contributed by atoms with E-state index in [4.69, 9.17) is 0 Å². The highest BCUT2D eigenvalue weighted by Crippen LogP contribution is 2.12. The van der Waals surface area contributed by atoms with E-state index in [1.165, 1.54) is 6.07 Å². The second kappa shape index (κ2) is 6.66. The van der Waals surface area contributed by atoms with Crippen molar-refractivity contribution in [3.63, 3.8) is 0 Å². The molecule has 2 N–H and O–H groups in total. The van der Waals surface area contributed by atoms with Gasteiger partial charge in [0.25, 0.3) is 5.91 Å². The summed E-state index contributed by atoms with van der Waals surface area (Å²) in [6.07, 6.45) is 0.972. The molecule has 1 aliphatic heterocycles. The first-order chi connectivity index (χ1) is 8.18. The number of benzene rings is 1. The zero-order chi connectivity index (χ0) is 12.3. The molecule has 1 unspecified atom stereocenters. The van der Waals surface area contributed by atoms with Gasteiger partial charge in [-0.05, 0) is 37.6 Å². The first kappa shape index (κ1) is 14.9. The van der Waals surface area contributed by atoms with Crippen molar-refractivity contribution in [2.45, 2.75) is 6.42 Å². The summed E-state index contributed by atoms with van der Waals surface area (Å²) in [5.74, 6) is -2.00. The maximum Gasteiger partial charge on any atom is 0.257 e. The molecule has 6 heteroatoms. The Hall–Kier alpha value is -1.20. The second-order valence-electron chi connectivity index (χ2n) is 4.17. The molecular weight excluding hydrogens is 262 g/mol. The Morgan fingerprint density at radius 3 is 2.61 bits per heavy atom. The van der Waals surface area contributed by atoms with E-state index in [9.17, 15) is 13.6 Å². The maximum atomic E-state index is 13.3. The van der Waals surface area contributed by atoms with Crippen LogP contribution >= 0.6 is 12.4 Å². The molecule has 1 aromatic carbocycles. The fourth-order valence-electron chi connectivity index (χ4n) is 1.93. The number of carbonyl (C=O) groups is 1. The Bertz CT molecular complexity index is 402. The number of hydrogen-bond donors (Lipinski definition) is 2. The lowest BCUT2D eigenvalue weighted by Crippen LogP contribution is -2.31. The average Bonchev–Trinajstić information content (AvgIpc) is 2.79. The SMILES string of the molecule is Cl.O=C(NCC1CCNC1)c1c(F)cccc1F. The molecule has 100 valence electrons. The van der Waals surface area contributed by atoms with Gasteiger partial charge in [0, 0.05) is 6.54 Å². The van der Waals surface area contributed by atoms with Crippen LogP contribution in [0.3, 0.4) is 0 Å². The van der Waals surface area contributed by atoms with Gasteiger partial charge in [0.2, 0.25) is 0 Å². The molecule has 1 aliphatic rings. The van der Waals surface area contributed by atoms with Crippen molar-refractivity contribution < 1.29 is 13.6 Å². The zero-order valence-electron chi connectivity index (χ0n) is 9.71. The zero-order valence-corrected chi connectivity index (χ0v) is 10.5. The van der Waals surface area contributed by atoms with E-state index in [2.05, 4.69) is 10.6 Å². The van der Waals surface area contributed by atoms with Gasteiger partial charge in [-0.15, -0.1) is 12.4 Å². The van der Waals surface area contributed by atoms with E-state index >= 15 is 0 Å². The largest absolute Gasteiger partial charge is 0.352 e. The molecule has 1 saturated heterocycles. The van der Waals surface area contributed by atoms with Crippen LogP contribution in [-0.4, -0.2) is 25.5 Å². The van der Waals surface area contributed by atoms with E-state index in [1.807, 2.05) is 0 Å². The minimum absolute atomic E-state index is 0. The molecule has 0 spiro atoms. The summed E-state index contributed by atoms with van der Waals surface area (Å²) in [5.41, 5.74) is -0.501. The highest BCUT2D eigenvalue weighted by atomic mass is 35.5. The van der Waals surface area contributed by atoms with Gasteiger partial charge in [-0.1, -0.05) is 6.07 Å². The van der Waals surface area contributed by atoms with Gasteiger partial charge >= 0.3 is 0 Å². The van der Waals surface area contributed by atoms with Crippen molar-refractivity contribution in [2.24, 2.45) is 5.92 Å². The van der Waals surface area contributed by atoms with Crippen LogP contribution in [0, 0.1) is 17.6 Å². The molecule has 1 atom stereocenters. The second-order valence-corrected chi connectivity index (χ2v) is 4.17. The number of amides is 1. The molecule has 0 aliphatic carbocycles. The Kier molecular flexibility index (Phi) is 5.50. The van der Waals surface area contributed by atoms with E-state index in [-0.39, 0.29) is 12.4 Å². The summed E-state index contributed by atoms with van der Waals surface area (Å²) in [6.45, 7) is 2.20. The quantitative estimate of drug-likeness (QED) is 0.883. The molecule has 0 radical (unpaired) electrons. The minimum atomic E-state index is -0.827. The smallest absolute Gasteiger partial charge is 0.257 e. The van der Waals surface area contributed by atoms with Crippen molar-refractivity contribution in [1.82, 2.24) is 10.6 Å². The van der Waals surface area contributed by atoms with E-state index < -0.39 is 23.1 Å². The monoisotopic (exact) mass is 276 g/mol. The molecule has 1 heterocycles. The van der Waals surface area contributed by atoms with Crippen molar-refractivity contribution in [1.29, 1.82) is 0 Å². The van der Waals surface area contributed by atoms with Crippen LogP contribution in [0.2, 0.25) is 0 Å². The van der Waals surface area contributed by atoms with Crippen LogP contribution in [-0.2, 0) is 0 Å². The van der Waals surface area contributed by atoms with Gasteiger partial charge < -0.3 is 10.6 Å². The van der Waals surface area contributed by atoms with Gasteiger partial charge in [-0.25, -0.2) is 8.78 Å². The van der Waals surface area contributed by atoms with Crippen LogP contribution in [0.1, 0.15) is 16.8 Å². The summed E-state index contributed by atoms with van der Waals surface area (Å²) in [4.78, 5) is 11.6. The van der Waals surface area contributed by atoms with Gasteiger partial charge in [0.1, 0.15) is 17.2 Å². The predicted molar refractivity (Wildman–Crippen MR) is 66.9 cm³/mol. The summed E-state index contributed by atoms with van der Waals surface area (Å²) in [7, 11) is 0. The molecule has 1 fully saturated rings. The summed E-state index contributed by atoms with van der Waals surface area (Å²) in [6, 6.07) is 3.40. The number of carbonyl (C=O) groups excluding carboxylic acids is 1. The Balaban J connectivity index is 0.00000162. The fourth-order valence-corrected chi connectivity index (χ4v) is 1.93. The van der Waals surface area contributed by atoms with Crippen molar-refractivity contribution in [3.8, 4) is 0 Å². The fraction of sp³-hybridized carbons (Fsp3) is 0.417. The van der Waals surface area contributed by atoms with Crippen LogP contribution < -0.4 is 10.6 Å². The molecule has 1 aromatic rings. The average molecular weight is 277 g/mol. The third-order valence-corrected chi connectivity index (χ3v) is 2.90. The lowest BCUT2D eigenvalue weighted by atomic mass is 10.1. The molecule has 0 aromatic heterocycles. The lowest BCUT2D eigenvalue weighted by Gasteiger charge is -2.10.